The van der Waals surface area contributed by atoms with Gasteiger partial charge in [-0.1, -0.05) is 0 Å². The summed E-state index contributed by atoms with van der Waals surface area (Å²) in [4.78, 5) is 25.3. The number of amides is 1. The van der Waals surface area contributed by atoms with Crippen molar-refractivity contribution >= 4 is 12.1 Å². The lowest BCUT2D eigenvalue weighted by atomic mass is 9.97. The zero-order chi connectivity index (χ0) is 15.6. The lowest BCUT2D eigenvalue weighted by Gasteiger charge is -2.22. The van der Waals surface area contributed by atoms with Crippen molar-refractivity contribution in [3.63, 3.8) is 0 Å². The molecule has 0 aliphatic carbocycles. The van der Waals surface area contributed by atoms with Gasteiger partial charge in [-0.3, -0.25) is 0 Å². The molecule has 1 unspecified atom stereocenters. The molecule has 0 bridgehead atoms. The largest absolute Gasteiger partial charge is 0.452 e. The quantitative estimate of drug-likeness (QED) is 0.563. The van der Waals surface area contributed by atoms with Gasteiger partial charge >= 0.3 is 6.09 Å². The topological polar surface area (TPSA) is 97.5 Å². The maximum Gasteiger partial charge on any atom is 0.416 e. The number of hydrazone groups is 1. The van der Waals surface area contributed by atoms with Crippen molar-refractivity contribution in [1.82, 2.24) is 9.80 Å². The van der Waals surface area contributed by atoms with Crippen LogP contribution in [-0.2, 0) is 9.47 Å². The van der Waals surface area contributed by atoms with Crippen molar-refractivity contribution in [2.45, 2.75) is 25.9 Å². The molecule has 2 aliphatic rings. The van der Waals surface area contributed by atoms with Gasteiger partial charge in [0.15, 0.2) is 5.03 Å². The van der Waals surface area contributed by atoms with Crippen LogP contribution in [0.2, 0.25) is 0 Å². The average Bonchev–Trinajstić information content (AvgIpc) is 2.93. The van der Waals surface area contributed by atoms with E-state index in [-0.39, 0.29) is 17.5 Å². The van der Waals surface area contributed by atoms with E-state index in [2.05, 4.69) is 9.84 Å². The summed E-state index contributed by atoms with van der Waals surface area (Å²) in [5.41, 5.74) is -0.174. The third-order valence-corrected chi connectivity index (χ3v) is 3.65. The summed E-state index contributed by atoms with van der Waals surface area (Å²) in [7, 11) is 1.24. The van der Waals surface area contributed by atoms with Gasteiger partial charge in [0.25, 0.3) is 5.96 Å². The van der Waals surface area contributed by atoms with Crippen molar-refractivity contribution in [2.24, 2.45) is 11.0 Å². The number of hydrogen-bond donors (Lipinski definition) is 0. The lowest BCUT2D eigenvalue weighted by molar-refractivity contribution is -0.486. The molecule has 2 saturated heterocycles. The van der Waals surface area contributed by atoms with Crippen molar-refractivity contribution in [3.8, 4) is 0 Å². The minimum atomic E-state index is -0.793. The second-order valence-corrected chi connectivity index (χ2v) is 5.85. The highest BCUT2D eigenvalue weighted by Crippen LogP contribution is 2.30. The van der Waals surface area contributed by atoms with Gasteiger partial charge in [0.05, 0.1) is 25.9 Å². The van der Waals surface area contributed by atoms with E-state index in [1.807, 2.05) is 13.8 Å². The second-order valence-electron chi connectivity index (χ2n) is 5.85. The predicted octanol–water partition coefficient (Wildman–Crippen LogP) is 0.733. The third kappa shape index (κ3) is 3.60. The maximum atomic E-state index is 11.6. The van der Waals surface area contributed by atoms with E-state index in [1.54, 1.807) is 4.90 Å². The third-order valence-electron chi connectivity index (χ3n) is 3.65. The zero-order valence-electron chi connectivity index (χ0n) is 12.4. The van der Waals surface area contributed by atoms with Crippen LogP contribution in [0.3, 0.4) is 0 Å². The molecule has 0 saturated carbocycles. The Labute approximate surface area is 122 Å². The zero-order valence-corrected chi connectivity index (χ0v) is 12.4. The molecule has 21 heavy (non-hydrogen) atoms. The Morgan fingerprint density at radius 3 is 2.81 bits per heavy atom. The highest BCUT2D eigenvalue weighted by molar-refractivity contribution is 5.95. The molecule has 0 aromatic rings. The molecule has 0 aromatic carbocycles. The second kappa shape index (κ2) is 5.84. The van der Waals surface area contributed by atoms with E-state index in [0.29, 0.717) is 26.2 Å². The number of methoxy groups -OCH3 is 1. The maximum absolute atomic E-state index is 11.6. The summed E-state index contributed by atoms with van der Waals surface area (Å²) < 4.78 is 10.3. The van der Waals surface area contributed by atoms with Gasteiger partial charge in [-0.2, -0.15) is 0 Å². The van der Waals surface area contributed by atoms with E-state index in [0.717, 1.165) is 6.42 Å². The van der Waals surface area contributed by atoms with Gasteiger partial charge in [-0.05, 0) is 20.3 Å². The Balaban J connectivity index is 2.08. The molecule has 118 valence electrons. The molecule has 1 atom stereocenters. The van der Waals surface area contributed by atoms with E-state index >= 15 is 0 Å². The fourth-order valence-corrected chi connectivity index (χ4v) is 2.82. The summed E-state index contributed by atoms with van der Waals surface area (Å²) in [5, 5.41) is 13.2. The first-order valence-electron chi connectivity index (χ1n) is 6.80. The molecule has 2 rings (SSSR count). The molecular formula is C12H20N4O5. The Hall–Kier alpha value is -1.90. The first-order valence-corrected chi connectivity index (χ1v) is 6.80. The summed E-state index contributed by atoms with van der Waals surface area (Å²) in [6.45, 7) is 6.04. The number of nitro groups is 1. The molecule has 0 radical (unpaired) electrons. The molecular weight excluding hydrogens is 280 g/mol. The van der Waals surface area contributed by atoms with Gasteiger partial charge in [-0.15, -0.1) is 0 Å². The van der Waals surface area contributed by atoms with Crippen LogP contribution in [0, 0.1) is 16.0 Å². The first-order chi connectivity index (χ1) is 9.82. The SMILES string of the molecule is COC(=O)N1CCN(CC2COC(C)(C)C2)C1=N[N+](=O)[O-]. The van der Waals surface area contributed by atoms with Gasteiger partial charge in [0, 0.05) is 19.0 Å². The van der Waals surface area contributed by atoms with E-state index in [1.165, 1.54) is 12.0 Å². The Kier molecular flexibility index (Phi) is 4.31. The average molecular weight is 300 g/mol. The van der Waals surface area contributed by atoms with Crippen molar-refractivity contribution < 1.29 is 19.3 Å². The highest BCUT2D eigenvalue weighted by Gasteiger charge is 2.39. The van der Waals surface area contributed by atoms with E-state index < -0.39 is 11.1 Å². The molecule has 0 aromatic heterocycles. The fraction of sp³-hybridized carbons (Fsp3) is 0.833. The number of carbonyl (C=O) groups is 1. The molecule has 2 aliphatic heterocycles. The standard InChI is InChI=1S/C12H20N4O5/c1-12(2)6-9(8-21-12)7-14-4-5-15(11(17)20-3)10(14)13-16(18)19/h9H,4-8H2,1-3H3. The monoisotopic (exact) mass is 300 g/mol. The van der Waals surface area contributed by atoms with Crippen LogP contribution < -0.4 is 0 Å². The van der Waals surface area contributed by atoms with Gasteiger partial charge < -0.3 is 14.4 Å². The van der Waals surface area contributed by atoms with E-state index in [4.69, 9.17) is 4.74 Å². The van der Waals surface area contributed by atoms with Crippen molar-refractivity contribution in [3.05, 3.63) is 10.1 Å². The highest BCUT2D eigenvalue weighted by atomic mass is 16.7. The molecule has 9 nitrogen and oxygen atoms in total. The number of ether oxygens (including phenoxy) is 2. The summed E-state index contributed by atoms with van der Waals surface area (Å²) in [5.74, 6) is 0.297. The molecule has 0 spiro atoms. The first kappa shape index (κ1) is 15.5. The number of guanidine groups is 1. The number of carbonyl (C=O) groups excluding carboxylic acids is 1. The van der Waals surface area contributed by atoms with Gasteiger partial charge in [-0.25, -0.2) is 19.8 Å². The smallest absolute Gasteiger partial charge is 0.416 e. The van der Waals surface area contributed by atoms with E-state index in [9.17, 15) is 14.9 Å². The van der Waals surface area contributed by atoms with Crippen LogP contribution in [0.15, 0.2) is 5.10 Å². The van der Waals surface area contributed by atoms with Crippen LogP contribution in [0.5, 0.6) is 0 Å². The van der Waals surface area contributed by atoms with Crippen LogP contribution >= 0.6 is 0 Å². The normalized spacial score (nSPS) is 26.4. The summed E-state index contributed by atoms with van der Waals surface area (Å²) in [6.07, 6.45) is 0.231. The molecule has 9 heteroatoms. The lowest BCUT2D eigenvalue weighted by Crippen LogP contribution is -2.40. The fourth-order valence-electron chi connectivity index (χ4n) is 2.82. The number of hydrogen-bond acceptors (Lipinski definition) is 5. The number of rotatable bonds is 3. The summed E-state index contributed by atoms with van der Waals surface area (Å²) in [6, 6.07) is 0. The summed E-state index contributed by atoms with van der Waals surface area (Å²) >= 11 is 0. The van der Waals surface area contributed by atoms with Crippen molar-refractivity contribution in [1.29, 1.82) is 0 Å². The van der Waals surface area contributed by atoms with Crippen LogP contribution in [0.25, 0.3) is 0 Å². The molecule has 2 fully saturated rings. The van der Waals surface area contributed by atoms with Crippen LogP contribution in [0.4, 0.5) is 4.79 Å². The minimum Gasteiger partial charge on any atom is -0.452 e. The van der Waals surface area contributed by atoms with Gasteiger partial charge in [0.2, 0.25) is 0 Å². The van der Waals surface area contributed by atoms with Crippen molar-refractivity contribution in [2.75, 3.05) is 33.4 Å². The number of nitrogens with zero attached hydrogens (tertiary/aromatic N) is 4. The Morgan fingerprint density at radius 1 is 1.57 bits per heavy atom. The molecule has 0 N–H and O–H groups in total. The van der Waals surface area contributed by atoms with Crippen LogP contribution in [-0.4, -0.2) is 65.8 Å². The molecule has 2 heterocycles. The Bertz CT molecular complexity index is 465. The Morgan fingerprint density at radius 2 is 2.29 bits per heavy atom. The minimum absolute atomic E-state index is 0.0385. The predicted molar refractivity (Wildman–Crippen MR) is 73.3 cm³/mol. The van der Waals surface area contributed by atoms with Gasteiger partial charge in [0.1, 0.15) is 5.10 Å². The molecule has 1 amide bonds. The van der Waals surface area contributed by atoms with Crippen LogP contribution in [0.1, 0.15) is 20.3 Å².